The van der Waals surface area contributed by atoms with Crippen LogP contribution in [0.2, 0.25) is 0 Å². The molecule has 0 aromatic heterocycles. The van der Waals surface area contributed by atoms with Crippen LogP contribution in [0.25, 0.3) is 0 Å². The van der Waals surface area contributed by atoms with E-state index in [0.29, 0.717) is 6.29 Å². The summed E-state index contributed by atoms with van der Waals surface area (Å²) < 4.78 is 10.3. The van der Waals surface area contributed by atoms with Crippen LogP contribution in [0.3, 0.4) is 0 Å². The Morgan fingerprint density at radius 1 is 1.50 bits per heavy atom. The predicted molar refractivity (Wildman–Crippen MR) is 67.4 cm³/mol. The average Bonchev–Trinajstić information content (AvgIpc) is 2.36. The lowest BCUT2D eigenvalue weighted by Crippen LogP contribution is -2.17. The summed E-state index contributed by atoms with van der Waals surface area (Å²) in [4.78, 5) is 31.5. The lowest BCUT2D eigenvalue weighted by molar-refractivity contribution is -0.385. The quantitative estimate of drug-likeness (QED) is 0.459. The first-order valence-corrected chi connectivity index (χ1v) is 5.59. The molecule has 0 heterocycles. The fourth-order valence-electron chi connectivity index (χ4n) is 1.57. The Morgan fingerprint density at radius 2 is 2.15 bits per heavy atom. The molecule has 0 unspecified atom stereocenters. The number of aliphatic carboxylic acids is 1. The van der Waals surface area contributed by atoms with Gasteiger partial charge in [0.2, 0.25) is 0 Å². The molecular formula is C12H13NO7. The topological polar surface area (TPSA) is 116 Å². The molecule has 1 N–H and O–H groups in total. The maximum atomic E-state index is 10.9. The van der Waals surface area contributed by atoms with Gasteiger partial charge in [0.1, 0.15) is 6.10 Å². The van der Waals surface area contributed by atoms with Crippen LogP contribution in [0.5, 0.6) is 11.5 Å². The van der Waals surface area contributed by atoms with Crippen LogP contribution >= 0.6 is 0 Å². The first-order chi connectivity index (χ1) is 9.38. The van der Waals surface area contributed by atoms with E-state index in [9.17, 15) is 19.7 Å². The molecule has 1 rings (SSSR count). The highest BCUT2D eigenvalue weighted by atomic mass is 16.6. The van der Waals surface area contributed by atoms with Crippen LogP contribution in [0.4, 0.5) is 5.69 Å². The van der Waals surface area contributed by atoms with Gasteiger partial charge in [-0.15, -0.1) is 0 Å². The number of carboxylic acids is 1. The van der Waals surface area contributed by atoms with E-state index in [4.69, 9.17) is 14.6 Å². The van der Waals surface area contributed by atoms with Gasteiger partial charge in [-0.2, -0.15) is 0 Å². The van der Waals surface area contributed by atoms with Crippen molar-refractivity contribution in [1.29, 1.82) is 0 Å². The number of carbonyl (C=O) groups is 2. The predicted octanol–water partition coefficient (Wildman–Crippen LogP) is 1.66. The number of nitro groups is 1. The molecule has 1 aromatic carbocycles. The zero-order chi connectivity index (χ0) is 15.3. The van der Waals surface area contributed by atoms with Gasteiger partial charge in [-0.3, -0.25) is 19.7 Å². The largest absolute Gasteiger partial charge is 0.493 e. The normalized spacial score (nSPS) is 11.5. The van der Waals surface area contributed by atoms with Crippen LogP contribution in [0.1, 0.15) is 23.7 Å². The van der Waals surface area contributed by atoms with Gasteiger partial charge in [-0.1, -0.05) is 0 Å². The smallest absolute Gasteiger partial charge is 0.307 e. The lowest BCUT2D eigenvalue weighted by atomic mass is 10.1. The second kappa shape index (κ2) is 6.50. The van der Waals surface area contributed by atoms with E-state index in [1.165, 1.54) is 20.1 Å². The number of ether oxygens (including phenoxy) is 2. The second-order valence-electron chi connectivity index (χ2n) is 3.96. The molecule has 0 saturated heterocycles. The summed E-state index contributed by atoms with van der Waals surface area (Å²) >= 11 is 0. The van der Waals surface area contributed by atoms with Crippen molar-refractivity contribution in [3.63, 3.8) is 0 Å². The van der Waals surface area contributed by atoms with Crippen LogP contribution < -0.4 is 9.47 Å². The molecule has 108 valence electrons. The van der Waals surface area contributed by atoms with E-state index in [0.717, 1.165) is 6.07 Å². The Kier molecular flexibility index (Phi) is 5.01. The minimum absolute atomic E-state index is 0.0125. The van der Waals surface area contributed by atoms with E-state index >= 15 is 0 Å². The SMILES string of the molecule is COc1cc(C=O)c([N+](=O)[O-])cc1O[C@@H](C)CC(=O)O. The highest BCUT2D eigenvalue weighted by Gasteiger charge is 2.21. The van der Waals surface area contributed by atoms with Gasteiger partial charge in [-0.05, 0) is 6.92 Å². The number of nitrogens with zero attached hydrogens (tertiary/aromatic N) is 1. The average molecular weight is 283 g/mol. The lowest BCUT2D eigenvalue weighted by Gasteiger charge is -2.15. The van der Waals surface area contributed by atoms with Crippen LogP contribution in [0.15, 0.2) is 12.1 Å². The minimum atomic E-state index is -1.06. The zero-order valence-electron chi connectivity index (χ0n) is 10.9. The fourth-order valence-corrected chi connectivity index (χ4v) is 1.57. The number of hydrogen-bond acceptors (Lipinski definition) is 6. The summed E-state index contributed by atoms with van der Waals surface area (Å²) in [5.74, 6) is -0.927. The van der Waals surface area contributed by atoms with Crippen molar-refractivity contribution in [3.05, 3.63) is 27.8 Å². The third kappa shape index (κ3) is 3.67. The Bertz CT molecular complexity index is 541. The third-order valence-corrected chi connectivity index (χ3v) is 2.43. The van der Waals surface area contributed by atoms with Gasteiger partial charge >= 0.3 is 5.97 Å². The van der Waals surface area contributed by atoms with Crippen molar-refractivity contribution in [3.8, 4) is 11.5 Å². The van der Waals surface area contributed by atoms with E-state index < -0.39 is 22.7 Å². The van der Waals surface area contributed by atoms with Crippen LogP contribution in [-0.4, -0.2) is 35.5 Å². The molecule has 8 heteroatoms. The molecule has 0 bridgehead atoms. The maximum Gasteiger partial charge on any atom is 0.307 e. The molecule has 20 heavy (non-hydrogen) atoms. The van der Waals surface area contributed by atoms with Crippen molar-refractivity contribution >= 4 is 17.9 Å². The molecule has 1 aromatic rings. The number of methoxy groups -OCH3 is 1. The summed E-state index contributed by atoms with van der Waals surface area (Å²) in [5, 5.41) is 19.5. The Morgan fingerprint density at radius 3 is 2.60 bits per heavy atom. The van der Waals surface area contributed by atoms with Gasteiger partial charge in [0.15, 0.2) is 17.8 Å². The first-order valence-electron chi connectivity index (χ1n) is 5.59. The number of aldehydes is 1. The van der Waals surface area contributed by atoms with E-state index in [2.05, 4.69) is 0 Å². The van der Waals surface area contributed by atoms with E-state index in [1.807, 2.05) is 0 Å². The molecule has 0 saturated carbocycles. The zero-order valence-corrected chi connectivity index (χ0v) is 10.9. The molecule has 0 aliphatic rings. The molecule has 0 aliphatic heterocycles. The maximum absolute atomic E-state index is 10.9. The van der Waals surface area contributed by atoms with E-state index in [1.54, 1.807) is 0 Å². The second-order valence-corrected chi connectivity index (χ2v) is 3.96. The molecule has 0 aliphatic carbocycles. The summed E-state index contributed by atoms with van der Waals surface area (Å²) in [7, 11) is 1.31. The first kappa shape index (κ1) is 15.4. The standard InChI is InChI=1S/C12H13NO7/c1-7(3-12(15)16)20-11-5-9(13(17)18)8(6-14)4-10(11)19-2/h4-7H,3H2,1-2H3,(H,15,16)/t7-/m0/s1. The van der Waals surface area contributed by atoms with E-state index in [-0.39, 0.29) is 23.5 Å². The van der Waals surface area contributed by atoms with Crippen molar-refractivity contribution in [2.45, 2.75) is 19.4 Å². The number of hydrogen-bond donors (Lipinski definition) is 1. The van der Waals surface area contributed by atoms with Crippen LogP contribution in [-0.2, 0) is 4.79 Å². The molecule has 1 atom stereocenters. The number of benzene rings is 1. The summed E-state index contributed by atoms with van der Waals surface area (Å²) in [5.41, 5.74) is -0.580. The van der Waals surface area contributed by atoms with Gasteiger partial charge in [0.05, 0.1) is 30.1 Å². The summed E-state index contributed by atoms with van der Waals surface area (Å²) in [6.45, 7) is 1.51. The van der Waals surface area contributed by atoms with Crippen molar-refractivity contribution < 1.29 is 29.1 Å². The number of carbonyl (C=O) groups excluding carboxylic acids is 1. The number of carboxylic acid groups (broad SMARTS) is 1. The Labute approximate surface area is 114 Å². The summed E-state index contributed by atoms with van der Waals surface area (Å²) in [6, 6.07) is 2.22. The van der Waals surface area contributed by atoms with Crippen LogP contribution in [0, 0.1) is 10.1 Å². The van der Waals surface area contributed by atoms with Gasteiger partial charge in [0, 0.05) is 6.07 Å². The molecule has 0 spiro atoms. The highest BCUT2D eigenvalue weighted by Crippen LogP contribution is 2.34. The summed E-state index contributed by atoms with van der Waals surface area (Å²) in [6.07, 6.45) is -0.639. The molecular weight excluding hydrogens is 270 g/mol. The molecule has 0 radical (unpaired) electrons. The van der Waals surface area contributed by atoms with Gasteiger partial charge in [0.25, 0.3) is 5.69 Å². The molecule has 0 amide bonds. The van der Waals surface area contributed by atoms with Crippen molar-refractivity contribution in [1.82, 2.24) is 0 Å². The third-order valence-electron chi connectivity index (χ3n) is 2.43. The van der Waals surface area contributed by atoms with Gasteiger partial charge in [-0.25, -0.2) is 0 Å². The Balaban J connectivity index is 3.17. The van der Waals surface area contributed by atoms with Crippen molar-refractivity contribution in [2.75, 3.05) is 7.11 Å². The minimum Gasteiger partial charge on any atom is -0.493 e. The molecule has 8 nitrogen and oxygen atoms in total. The molecule has 0 fully saturated rings. The monoisotopic (exact) mass is 283 g/mol. The Hall–Kier alpha value is -2.64. The number of rotatable bonds is 7. The van der Waals surface area contributed by atoms with Crippen molar-refractivity contribution in [2.24, 2.45) is 0 Å². The highest BCUT2D eigenvalue weighted by molar-refractivity contribution is 5.83. The fraction of sp³-hybridized carbons (Fsp3) is 0.333. The van der Waals surface area contributed by atoms with Gasteiger partial charge < -0.3 is 14.6 Å². The number of nitro benzene ring substituents is 1.